The third kappa shape index (κ3) is 4.10. The molecule has 2 rings (SSSR count). The largest absolute Gasteiger partial charge is 0.478 e. The van der Waals surface area contributed by atoms with Gasteiger partial charge in [-0.15, -0.1) is 0 Å². The lowest BCUT2D eigenvalue weighted by molar-refractivity contribution is 0.0697. The number of anilines is 2. The third-order valence-electron chi connectivity index (χ3n) is 3.35. The minimum Gasteiger partial charge on any atom is -0.478 e. The lowest BCUT2D eigenvalue weighted by Gasteiger charge is -2.24. The van der Waals surface area contributed by atoms with Crippen LogP contribution in [0.2, 0.25) is 0 Å². The van der Waals surface area contributed by atoms with Gasteiger partial charge in [0.25, 0.3) is 0 Å². The van der Waals surface area contributed by atoms with E-state index in [0.717, 1.165) is 6.42 Å². The number of carboxylic acid groups (broad SMARTS) is 1. The van der Waals surface area contributed by atoms with Gasteiger partial charge in [0.05, 0.1) is 22.7 Å². The Morgan fingerprint density at radius 1 is 1.04 bits per heavy atom. The van der Waals surface area contributed by atoms with Gasteiger partial charge in [-0.25, -0.2) is 17.5 Å². The van der Waals surface area contributed by atoms with Gasteiger partial charge >= 0.3 is 5.97 Å². The van der Waals surface area contributed by atoms with Crippen LogP contribution in [0.15, 0.2) is 54.6 Å². The van der Waals surface area contributed by atoms with Crippen LogP contribution < -0.4 is 4.31 Å². The molecule has 5 nitrogen and oxygen atoms in total. The summed E-state index contributed by atoms with van der Waals surface area (Å²) in [6.45, 7) is 1.92. The molecule has 0 aromatic heterocycles. The molecule has 0 saturated carbocycles. The van der Waals surface area contributed by atoms with E-state index in [1.165, 1.54) is 16.4 Å². The summed E-state index contributed by atoms with van der Waals surface area (Å²) in [5.74, 6) is -1.08. The average Bonchev–Trinajstić information content (AvgIpc) is 2.54. The van der Waals surface area contributed by atoms with E-state index >= 15 is 0 Å². The number of unbranched alkanes of at least 4 members (excludes halogenated alkanes) is 1. The summed E-state index contributed by atoms with van der Waals surface area (Å²) >= 11 is 0. The number of carbonyl (C=O) groups is 1. The van der Waals surface area contributed by atoms with E-state index < -0.39 is 16.0 Å². The molecule has 0 spiro atoms. The fourth-order valence-corrected chi connectivity index (χ4v) is 3.93. The van der Waals surface area contributed by atoms with Crippen LogP contribution in [0.3, 0.4) is 0 Å². The molecule has 23 heavy (non-hydrogen) atoms. The zero-order valence-corrected chi connectivity index (χ0v) is 13.7. The summed E-state index contributed by atoms with van der Waals surface area (Å²) < 4.78 is 26.7. The Bertz CT molecular complexity index is 772. The first-order valence-corrected chi connectivity index (χ1v) is 8.98. The summed E-state index contributed by atoms with van der Waals surface area (Å²) in [4.78, 5) is 11.2. The molecule has 0 aliphatic carbocycles. The number of carboxylic acids is 1. The van der Waals surface area contributed by atoms with E-state index in [0.29, 0.717) is 17.8 Å². The third-order valence-corrected chi connectivity index (χ3v) is 5.13. The Morgan fingerprint density at radius 2 is 1.70 bits per heavy atom. The molecule has 0 aliphatic heterocycles. The first-order valence-electron chi connectivity index (χ1n) is 7.37. The maximum absolute atomic E-state index is 12.8. The minimum absolute atomic E-state index is 0.00962. The molecule has 0 aliphatic rings. The quantitative estimate of drug-likeness (QED) is 0.839. The van der Waals surface area contributed by atoms with Crippen LogP contribution in [-0.4, -0.2) is 25.2 Å². The van der Waals surface area contributed by atoms with Crippen molar-refractivity contribution in [2.75, 3.05) is 10.1 Å². The standard InChI is InChI=1S/C17H19NO4S/c1-2-3-12-23(21,22)18(15-9-5-4-6-10-15)16-11-7-8-14(13-16)17(19)20/h4-11,13H,2-3,12H2,1H3,(H,19,20). The molecule has 122 valence electrons. The first kappa shape index (κ1) is 17.0. The van der Waals surface area contributed by atoms with Crippen molar-refractivity contribution in [1.82, 2.24) is 0 Å². The Kier molecular flexibility index (Phi) is 5.39. The highest BCUT2D eigenvalue weighted by molar-refractivity contribution is 7.93. The molecule has 0 fully saturated rings. The minimum atomic E-state index is -3.59. The number of hydrogen-bond donors (Lipinski definition) is 1. The SMILES string of the molecule is CCCCS(=O)(=O)N(c1ccccc1)c1cccc(C(=O)O)c1. The van der Waals surface area contributed by atoms with Gasteiger partial charge < -0.3 is 5.11 Å². The fourth-order valence-electron chi connectivity index (χ4n) is 2.22. The molecule has 2 aromatic rings. The number of benzene rings is 2. The van der Waals surface area contributed by atoms with Crippen LogP contribution in [0, 0.1) is 0 Å². The van der Waals surface area contributed by atoms with Crippen LogP contribution in [0.5, 0.6) is 0 Å². The number of hydrogen-bond acceptors (Lipinski definition) is 3. The van der Waals surface area contributed by atoms with E-state index in [1.54, 1.807) is 42.5 Å². The van der Waals surface area contributed by atoms with E-state index in [9.17, 15) is 13.2 Å². The fraction of sp³-hybridized carbons (Fsp3) is 0.235. The Morgan fingerprint density at radius 3 is 2.30 bits per heavy atom. The molecule has 0 amide bonds. The lowest BCUT2D eigenvalue weighted by Crippen LogP contribution is -2.28. The maximum Gasteiger partial charge on any atom is 0.335 e. The number of para-hydroxylation sites is 1. The van der Waals surface area contributed by atoms with Crippen molar-refractivity contribution in [3.63, 3.8) is 0 Å². The van der Waals surface area contributed by atoms with Gasteiger partial charge in [-0.2, -0.15) is 0 Å². The molecule has 0 saturated heterocycles. The summed E-state index contributed by atoms with van der Waals surface area (Å²) in [5.41, 5.74) is 0.868. The zero-order valence-electron chi connectivity index (χ0n) is 12.8. The molecule has 2 aromatic carbocycles. The summed E-state index contributed by atoms with van der Waals surface area (Å²) in [6, 6.07) is 14.6. The van der Waals surface area contributed by atoms with Crippen molar-refractivity contribution in [3.05, 3.63) is 60.2 Å². The molecular weight excluding hydrogens is 314 g/mol. The second-order valence-corrected chi connectivity index (χ2v) is 7.06. The molecule has 0 unspecified atom stereocenters. The van der Waals surface area contributed by atoms with E-state index in [2.05, 4.69) is 0 Å². The Hall–Kier alpha value is -2.34. The van der Waals surface area contributed by atoms with Crippen molar-refractivity contribution in [3.8, 4) is 0 Å². The highest BCUT2D eigenvalue weighted by Gasteiger charge is 2.24. The van der Waals surface area contributed by atoms with E-state index in [1.807, 2.05) is 6.92 Å². The first-order chi connectivity index (χ1) is 11.0. The van der Waals surface area contributed by atoms with Gasteiger partial charge in [-0.05, 0) is 36.8 Å². The topological polar surface area (TPSA) is 74.7 Å². The average molecular weight is 333 g/mol. The Labute approximate surface area is 136 Å². The molecule has 6 heteroatoms. The highest BCUT2D eigenvalue weighted by Crippen LogP contribution is 2.30. The van der Waals surface area contributed by atoms with Gasteiger partial charge in [0.1, 0.15) is 0 Å². The van der Waals surface area contributed by atoms with Crippen LogP contribution >= 0.6 is 0 Å². The predicted molar refractivity (Wildman–Crippen MR) is 90.7 cm³/mol. The van der Waals surface area contributed by atoms with Crippen molar-refractivity contribution in [2.24, 2.45) is 0 Å². The van der Waals surface area contributed by atoms with Gasteiger partial charge in [-0.3, -0.25) is 0 Å². The zero-order chi connectivity index (χ0) is 16.9. The van der Waals surface area contributed by atoms with Gasteiger partial charge in [0.2, 0.25) is 10.0 Å². The number of rotatable bonds is 7. The lowest BCUT2D eigenvalue weighted by atomic mass is 10.2. The van der Waals surface area contributed by atoms with E-state index in [4.69, 9.17) is 5.11 Å². The van der Waals surface area contributed by atoms with E-state index in [-0.39, 0.29) is 11.3 Å². The van der Waals surface area contributed by atoms with Crippen LogP contribution in [0.25, 0.3) is 0 Å². The summed E-state index contributed by atoms with van der Waals surface area (Å²) in [5, 5.41) is 9.14. The van der Waals surface area contributed by atoms with Crippen molar-refractivity contribution in [2.45, 2.75) is 19.8 Å². The number of nitrogens with zero attached hydrogens (tertiary/aromatic N) is 1. The molecule has 0 radical (unpaired) electrons. The number of aromatic carboxylic acids is 1. The predicted octanol–water partition coefficient (Wildman–Crippen LogP) is 3.65. The second-order valence-electron chi connectivity index (χ2n) is 5.12. The monoisotopic (exact) mass is 333 g/mol. The van der Waals surface area contributed by atoms with Crippen LogP contribution in [0.4, 0.5) is 11.4 Å². The smallest absolute Gasteiger partial charge is 0.335 e. The Balaban J connectivity index is 2.54. The summed E-state index contributed by atoms with van der Waals surface area (Å²) in [6.07, 6.45) is 1.31. The second kappa shape index (κ2) is 7.28. The summed E-state index contributed by atoms with van der Waals surface area (Å²) in [7, 11) is -3.59. The molecule has 0 bridgehead atoms. The van der Waals surface area contributed by atoms with Crippen molar-refractivity contribution < 1.29 is 18.3 Å². The van der Waals surface area contributed by atoms with Gasteiger partial charge in [0, 0.05) is 0 Å². The molecule has 1 N–H and O–H groups in total. The van der Waals surface area contributed by atoms with Gasteiger partial charge in [-0.1, -0.05) is 37.6 Å². The normalized spacial score (nSPS) is 11.2. The van der Waals surface area contributed by atoms with Crippen molar-refractivity contribution >= 4 is 27.4 Å². The maximum atomic E-state index is 12.8. The molecule has 0 heterocycles. The highest BCUT2D eigenvalue weighted by atomic mass is 32.2. The van der Waals surface area contributed by atoms with Crippen molar-refractivity contribution in [1.29, 1.82) is 0 Å². The molecular formula is C17H19NO4S. The number of sulfonamides is 1. The van der Waals surface area contributed by atoms with Crippen LogP contribution in [-0.2, 0) is 10.0 Å². The van der Waals surface area contributed by atoms with Gasteiger partial charge in [0.15, 0.2) is 0 Å². The van der Waals surface area contributed by atoms with Crippen LogP contribution in [0.1, 0.15) is 30.1 Å². The molecule has 0 atom stereocenters.